The Morgan fingerprint density at radius 3 is 1.80 bits per heavy atom. The lowest BCUT2D eigenvalue weighted by molar-refractivity contribution is 0.672. The number of thiophene rings is 1. The second-order valence-electron chi connectivity index (χ2n) is 14.1. The highest BCUT2D eigenvalue weighted by molar-refractivity contribution is 7.25. The second-order valence-corrected chi connectivity index (χ2v) is 15.2. The lowest BCUT2D eigenvalue weighted by Crippen LogP contribution is -2.10. The van der Waals surface area contributed by atoms with E-state index in [4.69, 9.17) is 4.42 Å². The fraction of sp³-hybridized carbons (Fsp3) is 0. The van der Waals surface area contributed by atoms with Crippen molar-refractivity contribution in [2.24, 2.45) is 0 Å². The standard InChI is InChI=1S/C52H33NOS/c1-2-10-34(11-3-1)35-22-27-40(28-23-35)53(42-13-8-12-39(32-42)43-16-9-19-50-51(43)46-15-5-7-18-49(46)55-50)41-29-24-36(25-30-41)38-21-20-37-26-31-45-44-14-4-6-17-48(44)54-52(45)47(37)33-38/h1-33H. The predicted molar refractivity (Wildman–Crippen MR) is 235 cm³/mol. The summed E-state index contributed by atoms with van der Waals surface area (Å²) in [7, 11) is 0. The van der Waals surface area contributed by atoms with Crippen LogP contribution in [0.5, 0.6) is 0 Å². The second kappa shape index (κ2) is 12.9. The topological polar surface area (TPSA) is 16.4 Å². The number of para-hydroxylation sites is 1. The number of benzene rings is 9. The van der Waals surface area contributed by atoms with E-state index >= 15 is 0 Å². The van der Waals surface area contributed by atoms with Gasteiger partial charge in [0.2, 0.25) is 0 Å². The summed E-state index contributed by atoms with van der Waals surface area (Å²) in [4.78, 5) is 2.37. The van der Waals surface area contributed by atoms with E-state index < -0.39 is 0 Å². The summed E-state index contributed by atoms with van der Waals surface area (Å²) in [6.45, 7) is 0. The molecule has 0 aliphatic heterocycles. The van der Waals surface area contributed by atoms with E-state index in [9.17, 15) is 0 Å². The van der Waals surface area contributed by atoms with Crippen LogP contribution in [0.2, 0.25) is 0 Å². The summed E-state index contributed by atoms with van der Waals surface area (Å²) in [5, 5.41) is 7.22. The molecule has 11 rings (SSSR count). The first-order valence-electron chi connectivity index (χ1n) is 18.7. The van der Waals surface area contributed by atoms with Gasteiger partial charge in [-0.05, 0) is 105 Å². The van der Waals surface area contributed by atoms with E-state index in [-0.39, 0.29) is 0 Å². The molecule has 0 N–H and O–H groups in total. The number of hydrogen-bond acceptors (Lipinski definition) is 3. The zero-order valence-corrected chi connectivity index (χ0v) is 30.6. The summed E-state index contributed by atoms with van der Waals surface area (Å²) in [5.74, 6) is 0. The van der Waals surface area contributed by atoms with Crippen LogP contribution in [0, 0.1) is 0 Å². The minimum absolute atomic E-state index is 0.918. The van der Waals surface area contributed by atoms with Gasteiger partial charge in [-0.15, -0.1) is 11.3 Å². The van der Waals surface area contributed by atoms with E-state index in [1.807, 2.05) is 23.5 Å². The van der Waals surface area contributed by atoms with Crippen LogP contribution >= 0.6 is 11.3 Å². The molecular formula is C52H33NOS. The Morgan fingerprint density at radius 2 is 0.982 bits per heavy atom. The van der Waals surface area contributed by atoms with Gasteiger partial charge in [0.05, 0.1) is 0 Å². The first-order valence-corrected chi connectivity index (χ1v) is 19.5. The van der Waals surface area contributed by atoms with Crippen molar-refractivity contribution >= 4 is 81.3 Å². The Labute approximate surface area is 322 Å². The van der Waals surface area contributed by atoms with E-state index in [2.05, 4.69) is 193 Å². The molecule has 0 fully saturated rings. The average molecular weight is 720 g/mol. The summed E-state index contributed by atoms with van der Waals surface area (Å²) in [6.07, 6.45) is 0. The molecule has 11 aromatic rings. The largest absolute Gasteiger partial charge is 0.455 e. The molecule has 0 radical (unpaired) electrons. The smallest absolute Gasteiger partial charge is 0.143 e. The first-order chi connectivity index (χ1) is 27.2. The molecule has 258 valence electrons. The van der Waals surface area contributed by atoms with E-state index in [0.717, 1.165) is 55.5 Å². The van der Waals surface area contributed by atoms with Gasteiger partial charge in [0.1, 0.15) is 11.2 Å². The molecule has 2 heterocycles. The maximum Gasteiger partial charge on any atom is 0.143 e. The average Bonchev–Trinajstić information content (AvgIpc) is 3.84. The zero-order chi connectivity index (χ0) is 36.3. The normalized spacial score (nSPS) is 11.6. The summed E-state index contributed by atoms with van der Waals surface area (Å²) >= 11 is 1.86. The van der Waals surface area contributed by atoms with Crippen LogP contribution in [0.4, 0.5) is 17.1 Å². The minimum atomic E-state index is 0.918. The van der Waals surface area contributed by atoms with Gasteiger partial charge in [0, 0.05) is 53.4 Å². The number of anilines is 3. The van der Waals surface area contributed by atoms with E-state index in [1.165, 1.54) is 47.8 Å². The molecule has 0 aliphatic rings. The zero-order valence-electron chi connectivity index (χ0n) is 29.8. The molecule has 0 aliphatic carbocycles. The van der Waals surface area contributed by atoms with Gasteiger partial charge in [-0.3, -0.25) is 0 Å². The Morgan fingerprint density at radius 1 is 0.364 bits per heavy atom. The van der Waals surface area contributed by atoms with E-state index in [0.29, 0.717) is 0 Å². The lowest BCUT2D eigenvalue weighted by atomic mass is 9.98. The predicted octanol–water partition coefficient (Wildman–Crippen LogP) is 15.6. The van der Waals surface area contributed by atoms with Gasteiger partial charge in [-0.2, -0.15) is 0 Å². The molecule has 0 bridgehead atoms. The number of furan rings is 1. The molecule has 9 aromatic carbocycles. The maximum atomic E-state index is 6.42. The molecule has 0 atom stereocenters. The van der Waals surface area contributed by atoms with Crippen LogP contribution in [0.1, 0.15) is 0 Å². The summed E-state index contributed by atoms with van der Waals surface area (Å²) in [6, 6.07) is 72.2. The minimum Gasteiger partial charge on any atom is -0.455 e. The van der Waals surface area contributed by atoms with Gasteiger partial charge < -0.3 is 9.32 Å². The monoisotopic (exact) mass is 719 g/mol. The molecule has 2 aromatic heterocycles. The lowest BCUT2D eigenvalue weighted by Gasteiger charge is -2.26. The third-order valence-electron chi connectivity index (χ3n) is 10.9. The van der Waals surface area contributed by atoms with E-state index in [1.54, 1.807) is 0 Å². The third kappa shape index (κ3) is 5.40. The van der Waals surface area contributed by atoms with Gasteiger partial charge in [0.15, 0.2) is 0 Å². The fourth-order valence-electron chi connectivity index (χ4n) is 8.19. The number of nitrogens with zero attached hydrogens (tertiary/aromatic N) is 1. The SMILES string of the molecule is c1ccc(-c2ccc(N(c3ccc(-c4ccc5ccc6c7ccccc7oc6c5c4)cc3)c3cccc(-c4cccc5sc6ccccc6c45)c3)cc2)cc1. The Balaban J connectivity index is 1.02. The van der Waals surface area contributed by atoms with Crippen molar-refractivity contribution in [1.29, 1.82) is 0 Å². The van der Waals surface area contributed by atoms with Crippen molar-refractivity contribution in [2.45, 2.75) is 0 Å². The molecular weight excluding hydrogens is 687 g/mol. The molecule has 0 saturated carbocycles. The van der Waals surface area contributed by atoms with Crippen LogP contribution in [0.15, 0.2) is 205 Å². The maximum absolute atomic E-state index is 6.42. The molecule has 2 nitrogen and oxygen atoms in total. The Hall–Kier alpha value is -6.94. The van der Waals surface area contributed by atoms with Crippen molar-refractivity contribution in [1.82, 2.24) is 0 Å². The van der Waals surface area contributed by atoms with Crippen LogP contribution in [0.3, 0.4) is 0 Å². The van der Waals surface area contributed by atoms with Crippen molar-refractivity contribution in [3.63, 3.8) is 0 Å². The highest BCUT2D eigenvalue weighted by Gasteiger charge is 2.17. The summed E-state index contributed by atoms with van der Waals surface area (Å²) < 4.78 is 9.04. The molecule has 55 heavy (non-hydrogen) atoms. The van der Waals surface area contributed by atoms with Crippen LogP contribution in [-0.2, 0) is 0 Å². The highest BCUT2D eigenvalue weighted by Crippen LogP contribution is 2.43. The quantitative estimate of drug-likeness (QED) is 0.170. The molecule has 0 amide bonds. The van der Waals surface area contributed by atoms with Gasteiger partial charge in [0.25, 0.3) is 0 Å². The van der Waals surface area contributed by atoms with Gasteiger partial charge in [-0.1, -0.05) is 133 Å². The third-order valence-corrected chi connectivity index (χ3v) is 12.0. The van der Waals surface area contributed by atoms with Crippen molar-refractivity contribution in [3.8, 4) is 33.4 Å². The fourth-order valence-corrected chi connectivity index (χ4v) is 9.33. The number of fused-ring (bicyclic) bond motifs is 8. The molecule has 0 saturated heterocycles. The highest BCUT2D eigenvalue weighted by atomic mass is 32.1. The van der Waals surface area contributed by atoms with Crippen LogP contribution < -0.4 is 4.90 Å². The summed E-state index contributed by atoms with van der Waals surface area (Å²) in [5.41, 5.74) is 12.3. The van der Waals surface area contributed by atoms with Crippen LogP contribution in [0.25, 0.3) is 86.3 Å². The van der Waals surface area contributed by atoms with Gasteiger partial charge in [-0.25, -0.2) is 0 Å². The number of rotatable bonds is 6. The van der Waals surface area contributed by atoms with Gasteiger partial charge >= 0.3 is 0 Å². The molecule has 0 spiro atoms. The van der Waals surface area contributed by atoms with Crippen LogP contribution in [-0.4, -0.2) is 0 Å². The molecule has 3 heteroatoms. The molecule has 0 unspecified atom stereocenters. The first kappa shape index (κ1) is 31.6. The van der Waals surface area contributed by atoms with Crippen molar-refractivity contribution in [3.05, 3.63) is 200 Å². The Kier molecular flexibility index (Phi) is 7.39. The number of hydrogen-bond donors (Lipinski definition) is 0. The Bertz CT molecular complexity index is 3190. The van der Waals surface area contributed by atoms with Crippen molar-refractivity contribution < 1.29 is 4.42 Å². The van der Waals surface area contributed by atoms with Crippen molar-refractivity contribution in [2.75, 3.05) is 4.90 Å².